The van der Waals surface area contributed by atoms with Gasteiger partial charge < -0.3 is 24.4 Å². The molecule has 3 aromatic rings. The lowest BCUT2D eigenvalue weighted by Crippen LogP contribution is -2.38. The third kappa shape index (κ3) is 4.95. The van der Waals surface area contributed by atoms with Crippen LogP contribution >= 0.6 is 0 Å². The van der Waals surface area contributed by atoms with Gasteiger partial charge in [-0.2, -0.15) is 0 Å². The Balaban J connectivity index is 1.45. The van der Waals surface area contributed by atoms with Gasteiger partial charge in [0.05, 0.1) is 19.3 Å². The molecule has 0 bridgehead atoms. The molecule has 158 valence electrons. The standard InChI is InChI=1S/C24H22N2O5/c1-29-19-8-5-9-20(13-19)30-15-23(27)25-18-10-11-22-21(12-18)26(24(28)16-31-22)14-17-6-3-2-4-7-17/h2-13H,14-16H2,1H3,(H,25,27). The Hall–Kier alpha value is -4.00. The highest BCUT2D eigenvalue weighted by Crippen LogP contribution is 2.35. The normalized spacial score (nSPS) is 12.5. The molecule has 0 radical (unpaired) electrons. The second-order valence-electron chi connectivity index (χ2n) is 6.95. The van der Waals surface area contributed by atoms with Crippen LogP contribution in [0.4, 0.5) is 11.4 Å². The van der Waals surface area contributed by atoms with Crippen molar-refractivity contribution in [2.24, 2.45) is 0 Å². The Labute approximate surface area is 180 Å². The van der Waals surface area contributed by atoms with E-state index in [0.29, 0.717) is 35.2 Å². The highest BCUT2D eigenvalue weighted by Gasteiger charge is 2.26. The molecule has 0 saturated carbocycles. The Bertz CT molecular complexity index is 1080. The first-order valence-corrected chi connectivity index (χ1v) is 9.80. The van der Waals surface area contributed by atoms with Crippen LogP contribution in [0.15, 0.2) is 72.8 Å². The minimum absolute atomic E-state index is 0.0140. The number of methoxy groups -OCH3 is 1. The highest BCUT2D eigenvalue weighted by atomic mass is 16.5. The third-order valence-corrected chi connectivity index (χ3v) is 4.78. The van der Waals surface area contributed by atoms with Gasteiger partial charge >= 0.3 is 0 Å². The van der Waals surface area contributed by atoms with E-state index >= 15 is 0 Å². The maximum atomic E-state index is 12.5. The number of fused-ring (bicyclic) bond motifs is 1. The monoisotopic (exact) mass is 418 g/mol. The van der Waals surface area contributed by atoms with Crippen LogP contribution in [0.5, 0.6) is 17.2 Å². The number of carbonyl (C=O) groups excluding carboxylic acids is 2. The fourth-order valence-corrected chi connectivity index (χ4v) is 3.26. The highest BCUT2D eigenvalue weighted by molar-refractivity contribution is 5.99. The first kappa shape index (κ1) is 20.3. The van der Waals surface area contributed by atoms with Crippen molar-refractivity contribution in [2.75, 3.05) is 30.5 Å². The van der Waals surface area contributed by atoms with Crippen molar-refractivity contribution in [2.45, 2.75) is 6.54 Å². The lowest BCUT2D eigenvalue weighted by atomic mass is 10.1. The number of hydrogen-bond donors (Lipinski definition) is 1. The zero-order chi connectivity index (χ0) is 21.6. The van der Waals surface area contributed by atoms with Gasteiger partial charge in [-0.05, 0) is 35.9 Å². The predicted molar refractivity (Wildman–Crippen MR) is 117 cm³/mol. The smallest absolute Gasteiger partial charge is 0.265 e. The number of nitrogens with one attached hydrogen (secondary N) is 1. The second-order valence-corrected chi connectivity index (χ2v) is 6.95. The summed E-state index contributed by atoms with van der Waals surface area (Å²) < 4.78 is 16.2. The van der Waals surface area contributed by atoms with Crippen LogP contribution in [0, 0.1) is 0 Å². The van der Waals surface area contributed by atoms with Gasteiger partial charge in [0.25, 0.3) is 11.8 Å². The fraction of sp³-hybridized carbons (Fsp3) is 0.167. The molecule has 7 nitrogen and oxygen atoms in total. The summed E-state index contributed by atoms with van der Waals surface area (Å²) in [5.74, 6) is 1.33. The number of benzene rings is 3. The summed E-state index contributed by atoms with van der Waals surface area (Å²) in [6.07, 6.45) is 0. The van der Waals surface area contributed by atoms with Crippen molar-refractivity contribution in [3.8, 4) is 17.2 Å². The molecular weight excluding hydrogens is 396 g/mol. The summed E-state index contributed by atoms with van der Waals surface area (Å²) in [6.45, 7) is 0.250. The average molecular weight is 418 g/mol. The van der Waals surface area contributed by atoms with Crippen molar-refractivity contribution in [3.05, 3.63) is 78.4 Å². The Morgan fingerprint density at radius 3 is 2.65 bits per heavy atom. The van der Waals surface area contributed by atoms with Crippen LogP contribution in [0.2, 0.25) is 0 Å². The Morgan fingerprint density at radius 2 is 1.84 bits per heavy atom. The van der Waals surface area contributed by atoms with E-state index < -0.39 is 0 Å². The third-order valence-electron chi connectivity index (χ3n) is 4.78. The summed E-state index contributed by atoms with van der Waals surface area (Å²) in [5.41, 5.74) is 2.17. The number of amides is 2. The number of hydrogen-bond acceptors (Lipinski definition) is 5. The van der Waals surface area contributed by atoms with Crippen molar-refractivity contribution in [3.63, 3.8) is 0 Å². The van der Waals surface area contributed by atoms with Crippen molar-refractivity contribution < 1.29 is 23.8 Å². The summed E-state index contributed by atoms with van der Waals surface area (Å²) >= 11 is 0. The average Bonchev–Trinajstić information content (AvgIpc) is 2.80. The van der Waals surface area contributed by atoms with Gasteiger partial charge in [0, 0.05) is 11.8 Å². The molecule has 4 rings (SSSR count). The van der Waals surface area contributed by atoms with Crippen LogP contribution in [0.1, 0.15) is 5.56 Å². The molecule has 0 aliphatic carbocycles. The van der Waals surface area contributed by atoms with Gasteiger partial charge in [-0.1, -0.05) is 36.4 Å². The number of carbonyl (C=O) groups is 2. The number of ether oxygens (including phenoxy) is 3. The lowest BCUT2D eigenvalue weighted by Gasteiger charge is -2.30. The molecule has 0 aromatic heterocycles. The molecule has 1 aliphatic heterocycles. The molecule has 2 amide bonds. The molecular formula is C24H22N2O5. The number of anilines is 2. The van der Waals surface area contributed by atoms with E-state index in [1.807, 2.05) is 30.3 Å². The molecule has 1 aliphatic rings. The van der Waals surface area contributed by atoms with Crippen molar-refractivity contribution in [1.82, 2.24) is 0 Å². The summed E-state index contributed by atoms with van der Waals surface area (Å²) in [7, 11) is 1.57. The van der Waals surface area contributed by atoms with Crippen molar-refractivity contribution in [1.29, 1.82) is 0 Å². The zero-order valence-corrected chi connectivity index (χ0v) is 17.0. The minimum atomic E-state index is -0.319. The van der Waals surface area contributed by atoms with Gasteiger partial charge in [0.2, 0.25) is 0 Å². The summed E-state index contributed by atoms with van der Waals surface area (Å²) in [4.78, 5) is 26.5. The van der Waals surface area contributed by atoms with Crippen LogP contribution in [0.3, 0.4) is 0 Å². The predicted octanol–water partition coefficient (Wildman–Crippen LogP) is 3.64. The van der Waals surface area contributed by atoms with E-state index in [-0.39, 0.29) is 25.0 Å². The first-order chi connectivity index (χ1) is 15.1. The first-order valence-electron chi connectivity index (χ1n) is 9.80. The van der Waals surface area contributed by atoms with Crippen molar-refractivity contribution >= 4 is 23.2 Å². The van der Waals surface area contributed by atoms with Crippen LogP contribution in [-0.2, 0) is 16.1 Å². The van der Waals surface area contributed by atoms with Gasteiger partial charge in [0.1, 0.15) is 17.2 Å². The largest absolute Gasteiger partial charge is 0.497 e. The second kappa shape index (κ2) is 9.21. The quantitative estimate of drug-likeness (QED) is 0.634. The molecule has 0 spiro atoms. The number of nitrogens with zero attached hydrogens (tertiary/aromatic N) is 1. The summed E-state index contributed by atoms with van der Waals surface area (Å²) in [5, 5.41) is 2.80. The molecule has 1 heterocycles. The molecule has 0 unspecified atom stereocenters. The van der Waals surface area contributed by atoms with E-state index in [4.69, 9.17) is 14.2 Å². The van der Waals surface area contributed by atoms with E-state index in [0.717, 1.165) is 5.56 Å². The molecule has 0 saturated heterocycles. The summed E-state index contributed by atoms with van der Waals surface area (Å²) in [6, 6.07) is 22.0. The molecule has 3 aromatic carbocycles. The molecule has 1 N–H and O–H groups in total. The van der Waals surface area contributed by atoms with E-state index in [1.54, 1.807) is 54.5 Å². The Kier molecular flexibility index (Phi) is 6.03. The van der Waals surface area contributed by atoms with Crippen LogP contribution in [-0.4, -0.2) is 32.1 Å². The van der Waals surface area contributed by atoms with Gasteiger partial charge in [0.15, 0.2) is 13.2 Å². The molecule has 31 heavy (non-hydrogen) atoms. The molecule has 7 heteroatoms. The fourth-order valence-electron chi connectivity index (χ4n) is 3.26. The zero-order valence-electron chi connectivity index (χ0n) is 17.0. The van der Waals surface area contributed by atoms with Gasteiger partial charge in [-0.25, -0.2) is 0 Å². The minimum Gasteiger partial charge on any atom is -0.497 e. The molecule has 0 atom stereocenters. The van der Waals surface area contributed by atoms with Crippen LogP contribution in [0.25, 0.3) is 0 Å². The van der Waals surface area contributed by atoms with Crippen LogP contribution < -0.4 is 24.4 Å². The van der Waals surface area contributed by atoms with E-state index in [1.165, 1.54) is 0 Å². The maximum absolute atomic E-state index is 12.5. The topological polar surface area (TPSA) is 77.1 Å². The van der Waals surface area contributed by atoms with Gasteiger partial charge in [-0.3, -0.25) is 9.59 Å². The lowest BCUT2D eigenvalue weighted by molar-refractivity contribution is -0.121. The van der Waals surface area contributed by atoms with Gasteiger partial charge in [-0.15, -0.1) is 0 Å². The Morgan fingerprint density at radius 1 is 1.03 bits per heavy atom. The SMILES string of the molecule is COc1cccc(OCC(=O)Nc2ccc3c(c2)N(Cc2ccccc2)C(=O)CO3)c1. The number of rotatable bonds is 7. The van der Waals surface area contributed by atoms with E-state index in [9.17, 15) is 9.59 Å². The van der Waals surface area contributed by atoms with E-state index in [2.05, 4.69) is 5.32 Å². The maximum Gasteiger partial charge on any atom is 0.265 e. The molecule has 0 fully saturated rings.